The van der Waals surface area contributed by atoms with Crippen molar-refractivity contribution in [3.63, 3.8) is 0 Å². The zero-order chi connectivity index (χ0) is 59.5. The van der Waals surface area contributed by atoms with E-state index in [1.54, 1.807) is 0 Å². The Hall–Kier alpha value is -1.01. The van der Waals surface area contributed by atoms with Crippen molar-refractivity contribution >= 4 is 5.91 Å². The van der Waals surface area contributed by atoms with Gasteiger partial charge in [-0.15, -0.1) is 0 Å². The first-order valence-electron chi connectivity index (χ1n) is 35.3. The number of amides is 1. The molecule has 14 heteroatoms. The Kier molecular flexibility index (Phi) is 50.9. The standard InChI is InChI=1S/C68H133NO13/c1-3-5-7-9-11-13-15-17-19-21-23-25-27-28-29-30-32-34-36-38-40-42-44-46-48-50-52-60(73)69-56(55-79-67-65(78)63(76)66(59(54-71)81-67)82-68-64(77)62(75)61(74)58(53-70)80-68)57(72)51-49-47-45-43-41-39-37-35-33-31-26-24-22-20-18-16-14-12-10-8-6-4-2/h56-59,61-68,70-72,74-78H,3-55H2,1-2H3,(H,69,73). The average Bonchev–Trinajstić information content (AvgIpc) is 3.53. The van der Waals surface area contributed by atoms with Gasteiger partial charge in [0.15, 0.2) is 12.6 Å². The van der Waals surface area contributed by atoms with Crippen LogP contribution in [-0.2, 0) is 23.7 Å². The highest BCUT2D eigenvalue weighted by Crippen LogP contribution is 2.30. The third-order valence-electron chi connectivity index (χ3n) is 17.8. The minimum atomic E-state index is -1.78. The second-order valence-electron chi connectivity index (χ2n) is 25.4. The summed E-state index contributed by atoms with van der Waals surface area (Å²) in [6.07, 6.45) is 46.9. The fourth-order valence-corrected chi connectivity index (χ4v) is 12.2. The van der Waals surface area contributed by atoms with Crippen molar-refractivity contribution in [2.24, 2.45) is 0 Å². The van der Waals surface area contributed by atoms with Crippen LogP contribution in [0, 0.1) is 0 Å². The van der Waals surface area contributed by atoms with Gasteiger partial charge >= 0.3 is 0 Å². The maximum Gasteiger partial charge on any atom is 0.220 e. The lowest BCUT2D eigenvalue weighted by molar-refractivity contribution is -0.359. The summed E-state index contributed by atoms with van der Waals surface area (Å²) in [5, 5.41) is 87.6. The van der Waals surface area contributed by atoms with Crippen LogP contribution in [-0.4, -0.2) is 140 Å². The third-order valence-corrected chi connectivity index (χ3v) is 17.8. The highest BCUT2D eigenvalue weighted by atomic mass is 16.7. The lowest BCUT2D eigenvalue weighted by Crippen LogP contribution is -2.65. The predicted octanol–water partition coefficient (Wildman–Crippen LogP) is 14.0. The summed E-state index contributed by atoms with van der Waals surface area (Å²) in [6.45, 7) is 2.93. The average molecular weight is 1170 g/mol. The number of aliphatic hydroxyl groups is 8. The Morgan fingerprint density at radius 2 is 0.695 bits per heavy atom. The van der Waals surface area contributed by atoms with E-state index in [-0.39, 0.29) is 12.5 Å². The predicted molar refractivity (Wildman–Crippen MR) is 332 cm³/mol. The van der Waals surface area contributed by atoms with Gasteiger partial charge in [-0.25, -0.2) is 0 Å². The Balaban J connectivity index is 1.66. The lowest BCUT2D eigenvalue weighted by Gasteiger charge is -2.46. The number of aliphatic hydroxyl groups excluding tert-OH is 8. The summed E-state index contributed by atoms with van der Waals surface area (Å²) in [5.41, 5.74) is 0. The van der Waals surface area contributed by atoms with E-state index >= 15 is 0 Å². The van der Waals surface area contributed by atoms with E-state index in [0.717, 1.165) is 51.4 Å². The normalized spacial score (nSPS) is 23.8. The molecule has 2 aliphatic heterocycles. The van der Waals surface area contributed by atoms with Crippen molar-refractivity contribution in [3.8, 4) is 0 Å². The molecule has 0 saturated carbocycles. The summed E-state index contributed by atoms with van der Waals surface area (Å²) in [4.78, 5) is 13.3. The first kappa shape index (κ1) is 77.1. The molecule has 2 fully saturated rings. The summed E-state index contributed by atoms with van der Waals surface area (Å²) >= 11 is 0. The molecule has 12 atom stereocenters. The zero-order valence-corrected chi connectivity index (χ0v) is 53.0. The molecular formula is C68H133NO13. The zero-order valence-electron chi connectivity index (χ0n) is 53.0. The molecule has 12 unspecified atom stereocenters. The van der Waals surface area contributed by atoms with Gasteiger partial charge in [-0.05, 0) is 12.8 Å². The van der Waals surface area contributed by atoms with E-state index in [0.29, 0.717) is 12.8 Å². The van der Waals surface area contributed by atoms with Crippen LogP contribution in [0.15, 0.2) is 0 Å². The van der Waals surface area contributed by atoms with Crippen LogP contribution >= 0.6 is 0 Å². The first-order chi connectivity index (χ1) is 40.1. The number of ether oxygens (including phenoxy) is 4. The summed E-state index contributed by atoms with van der Waals surface area (Å²) in [5.74, 6) is -0.197. The Bertz CT molecular complexity index is 1380. The quantitative estimate of drug-likeness (QED) is 0.0259. The van der Waals surface area contributed by atoms with Gasteiger partial charge in [0.25, 0.3) is 0 Å². The maximum absolute atomic E-state index is 13.3. The number of nitrogens with one attached hydrogen (secondary N) is 1. The van der Waals surface area contributed by atoms with Crippen molar-refractivity contribution in [2.45, 2.75) is 408 Å². The van der Waals surface area contributed by atoms with E-state index in [1.165, 1.54) is 257 Å². The molecule has 9 N–H and O–H groups in total. The van der Waals surface area contributed by atoms with Crippen LogP contribution in [0.25, 0.3) is 0 Å². The van der Waals surface area contributed by atoms with Crippen LogP contribution in [0.3, 0.4) is 0 Å². The summed E-state index contributed by atoms with van der Waals surface area (Å²) in [7, 11) is 0. The van der Waals surface area contributed by atoms with Crippen molar-refractivity contribution in [1.82, 2.24) is 5.32 Å². The van der Waals surface area contributed by atoms with E-state index in [2.05, 4.69) is 19.2 Å². The number of carbonyl (C=O) groups excluding carboxylic acids is 1. The van der Waals surface area contributed by atoms with Crippen molar-refractivity contribution < 1.29 is 64.6 Å². The molecule has 14 nitrogen and oxygen atoms in total. The van der Waals surface area contributed by atoms with Crippen molar-refractivity contribution in [2.75, 3.05) is 19.8 Å². The molecular weight excluding hydrogens is 1040 g/mol. The van der Waals surface area contributed by atoms with Gasteiger partial charge in [0.1, 0.15) is 48.8 Å². The number of hydrogen-bond acceptors (Lipinski definition) is 13. The highest BCUT2D eigenvalue weighted by Gasteiger charge is 2.51. The molecule has 82 heavy (non-hydrogen) atoms. The molecule has 0 spiro atoms. The number of rotatable bonds is 59. The second kappa shape index (κ2) is 54.2. The molecule has 1 amide bonds. The van der Waals surface area contributed by atoms with Gasteiger partial charge in [-0.1, -0.05) is 316 Å². The molecule has 0 aromatic carbocycles. The summed E-state index contributed by atoms with van der Waals surface area (Å²) in [6, 6.07) is -0.824. The fourth-order valence-electron chi connectivity index (χ4n) is 12.2. The SMILES string of the molecule is CCCCCCCCCCCCCCCCCCCCCCCCCCCCC(=O)NC(COC1OC(CO)C(OC2OC(CO)C(O)C(O)C2O)C(O)C1O)C(O)CCCCCCCCCCCCCCCCCCCCCCCC. The highest BCUT2D eigenvalue weighted by molar-refractivity contribution is 5.76. The van der Waals surface area contributed by atoms with E-state index in [4.69, 9.17) is 18.9 Å². The van der Waals surface area contributed by atoms with Gasteiger partial charge in [0.05, 0.1) is 32.0 Å². The first-order valence-corrected chi connectivity index (χ1v) is 35.3. The minimum absolute atomic E-state index is 0.197. The fraction of sp³-hybridized carbons (Fsp3) is 0.985. The van der Waals surface area contributed by atoms with Gasteiger partial charge < -0.3 is 65.1 Å². The van der Waals surface area contributed by atoms with Gasteiger partial charge in [0.2, 0.25) is 5.91 Å². The number of hydrogen-bond donors (Lipinski definition) is 9. The van der Waals surface area contributed by atoms with Crippen molar-refractivity contribution in [3.05, 3.63) is 0 Å². The van der Waals surface area contributed by atoms with E-state index in [1.807, 2.05) is 0 Å². The van der Waals surface area contributed by atoms with Crippen LogP contribution in [0.4, 0.5) is 0 Å². The molecule has 2 heterocycles. The molecule has 488 valence electrons. The van der Waals surface area contributed by atoms with E-state index < -0.39 is 86.8 Å². The number of carbonyl (C=O) groups is 1. The second-order valence-corrected chi connectivity index (χ2v) is 25.4. The minimum Gasteiger partial charge on any atom is -0.394 e. The molecule has 0 aromatic heterocycles. The Labute approximate surface area is 502 Å². The largest absolute Gasteiger partial charge is 0.394 e. The van der Waals surface area contributed by atoms with Crippen LogP contribution in [0.5, 0.6) is 0 Å². The van der Waals surface area contributed by atoms with Gasteiger partial charge in [0, 0.05) is 6.42 Å². The smallest absolute Gasteiger partial charge is 0.220 e. The topological polar surface area (TPSA) is 228 Å². The van der Waals surface area contributed by atoms with Crippen LogP contribution in [0.2, 0.25) is 0 Å². The van der Waals surface area contributed by atoms with E-state index in [9.17, 15) is 45.6 Å². The molecule has 0 bridgehead atoms. The van der Waals surface area contributed by atoms with Crippen LogP contribution in [0.1, 0.15) is 335 Å². The molecule has 2 rings (SSSR count). The monoisotopic (exact) mass is 1170 g/mol. The Morgan fingerprint density at radius 1 is 0.390 bits per heavy atom. The van der Waals surface area contributed by atoms with Crippen molar-refractivity contribution in [1.29, 1.82) is 0 Å². The molecule has 0 aromatic rings. The summed E-state index contributed by atoms with van der Waals surface area (Å²) < 4.78 is 22.9. The van der Waals surface area contributed by atoms with Crippen LogP contribution < -0.4 is 5.32 Å². The molecule has 0 aliphatic carbocycles. The molecule has 2 aliphatic rings. The maximum atomic E-state index is 13.3. The van der Waals surface area contributed by atoms with Gasteiger partial charge in [-0.2, -0.15) is 0 Å². The number of unbranched alkanes of at least 4 members (excludes halogenated alkanes) is 46. The molecule has 0 radical (unpaired) electrons. The third kappa shape index (κ3) is 38.3. The lowest BCUT2D eigenvalue weighted by atomic mass is 9.97. The molecule has 2 saturated heterocycles. The Morgan fingerprint density at radius 3 is 1.04 bits per heavy atom. The van der Waals surface area contributed by atoms with Gasteiger partial charge in [-0.3, -0.25) is 4.79 Å².